The van der Waals surface area contributed by atoms with E-state index in [0.717, 1.165) is 37.3 Å². The zero-order valence-electron chi connectivity index (χ0n) is 21.8. The molecule has 13 heteroatoms. The molecule has 210 valence electrons. The Hall–Kier alpha value is -1.60. The molecular weight excluding hydrogens is 492 g/mol. The fourth-order valence-corrected chi connectivity index (χ4v) is 4.38. The number of aliphatic hydroxyl groups excluding tert-OH is 1. The van der Waals surface area contributed by atoms with E-state index in [9.17, 15) is 9.59 Å². The Kier molecular flexibility index (Phi) is 22.7. The summed E-state index contributed by atoms with van der Waals surface area (Å²) in [6.07, 6.45) is 3.72. The summed E-state index contributed by atoms with van der Waals surface area (Å²) in [7, 11) is 3.82. The molecule has 36 heavy (non-hydrogen) atoms. The number of aliphatic hydroxyl groups is 1. The predicted molar refractivity (Wildman–Crippen MR) is 138 cm³/mol. The van der Waals surface area contributed by atoms with Crippen LogP contribution in [-0.4, -0.2) is 125 Å². The molecule has 0 aliphatic heterocycles. The molecule has 2 N–H and O–H groups in total. The molecular formula is C23H45N4O8S+. The van der Waals surface area contributed by atoms with E-state index in [1.165, 1.54) is 0 Å². The second-order valence-electron chi connectivity index (χ2n) is 8.84. The average molecular weight is 538 g/mol. The van der Waals surface area contributed by atoms with E-state index in [4.69, 9.17) is 34.7 Å². The van der Waals surface area contributed by atoms with E-state index in [2.05, 4.69) is 10.0 Å². The van der Waals surface area contributed by atoms with Gasteiger partial charge in [-0.2, -0.15) is 11.8 Å². The van der Waals surface area contributed by atoms with Gasteiger partial charge in [0.1, 0.15) is 6.61 Å². The number of esters is 1. The van der Waals surface area contributed by atoms with E-state index in [-0.39, 0.29) is 31.6 Å². The Balaban J connectivity index is 3.94. The number of azide groups is 1. The third-order valence-electron chi connectivity index (χ3n) is 5.15. The van der Waals surface area contributed by atoms with Crippen molar-refractivity contribution in [3.63, 3.8) is 0 Å². The third kappa shape index (κ3) is 22.8. The zero-order chi connectivity index (χ0) is 26.9. The van der Waals surface area contributed by atoms with E-state index in [1.54, 1.807) is 11.8 Å². The van der Waals surface area contributed by atoms with Gasteiger partial charge in [-0.15, -0.1) is 0 Å². The van der Waals surface area contributed by atoms with E-state index in [0.29, 0.717) is 63.5 Å². The van der Waals surface area contributed by atoms with Crippen LogP contribution in [0.25, 0.3) is 10.4 Å². The molecule has 0 aromatic carbocycles. The van der Waals surface area contributed by atoms with Crippen molar-refractivity contribution in [3.8, 4) is 0 Å². The van der Waals surface area contributed by atoms with Gasteiger partial charge in [-0.1, -0.05) is 11.5 Å². The highest BCUT2D eigenvalue weighted by atomic mass is 32.2. The first-order valence-corrected chi connectivity index (χ1v) is 13.6. The lowest BCUT2D eigenvalue weighted by Crippen LogP contribution is -2.45. The van der Waals surface area contributed by atoms with Gasteiger partial charge in [0, 0.05) is 23.8 Å². The molecule has 0 aliphatic rings. The van der Waals surface area contributed by atoms with Crippen LogP contribution in [-0.2, 0) is 28.5 Å². The number of likely N-dealkylation sites (N-methyl/N-ethyl adjacent to an activating group) is 1. The number of carboxylic acids is 1. The highest BCUT2D eigenvalue weighted by molar-refractivity contribution is 7.99. The quantitative estimate of drug-likeness (QED) is 0.0421. The van der Waals surface area contributed by atoms with Crippen molar-refractivity contribution in [2.75, 3.05) is 98.1 Å². The van der Waals surface area contributed by atoms with Crippen LogP contribution in [0.4, 0.5) is 0 Å². The van der Waals surface area contributed by atoms with Crippen LogP contribution in [0, 0.1) is 5.92 Å². The Bertz CT molecular complexity index is 621. The normalized spacial score (nSPS) is 12.2. The number of thioether (sulfide) groups is 1. The van der Waals surface area contributed by atoms with E-state index in [1.807, 2.05) is 14.1 Å². The Morgan fingerprint density at radius 2 is 1.56 bits per heavy atom. The summed E-state index contributed by atoms with van der Waals surface area (Å²) >= 11 is 1.77. The van der Waals surface area contributed by atoms with Crippen molar-refractivity contribution < 1.29 is 43.2 Å². The van der Waals surface area contributed by atoms with E-state index < -0.39 is 5.97 Å². The molecule has 0 heterocycles. The number of quaternary nitrogens is 1. The molecule has 0 radical (unpaired) electrons. The Morgan fingerprint density at radius 1 is 0.944 bits per heavy atom. The number of hydrogen-bond donors (Lipinski definition) is 2. The topological polar surface area (TPSA) is 160 Å². The van der Waals surface area contributed by atoms with Crippen LogP contribution in [0.5, 0.6) is 0 Å². The lowest BCUT2D eigenvalue weighted by atomic mass is 9.97. The van der Waals surface area contributed by atoms with Crippen LogP contribution < -0.4 is 0 Å². The van der Waals surface area contributed by atoms with Crippen LogP contribution >= 0.6 is 11.8 Å². The molecule has 0 aromatic rings. The number of rotatable bonds is 26. The van der Waals surface area contributed by atoms with Crippen LogP contribution in [0.2, 0.25) is 0 Å². The molecule has 0 saturated heterocycles. The highest BCUT2D eigenvalue weighted by Gasteiger charge is 2.20. The minimum absolute atomic E-state index is 0.103. The summed E-state index contributed by atoms with van der Waals surface area (Å²) in [5.41, 5.74) is 8.14. The van der Waals surface area contributed by atoms with Gasteiger partial charge in [-0.3, -0.25) is 4.79 Å². The maximum absolute atomic E-state index is 12.5. The van der Waals surface area contributed by atoms with Crippen molar-refractivity contribution in [3.05, 3.63) is 10.4 Å². The van der Waals surface area contributed by atoms with Crippen molar-refractivity contribution in [1.29, 1.82) is 0 Å². The van der Waals surface area contributed by atoms with Gasteiger partial charge in [0.25, 0.3) is 0 Å². The van der Waals surface area contributed by atoms with Gasteiger partial charge in [-0.25, -0.2) is 4.79 Å². The fourth-order valence-electron chi connectivity index (χ4n) is 3.18. The van der Waals surface area contributed by atoms with Gasteiger partial charge >= 0.3 is 11.9 Å². The number of carbonyl (C=O) groups is 2. The molecule has 1 unspecified atom stereocenters. The smallest absolute Gasteiger partial charge is 0.359 e. The minimum atomic E-state index is -0.797. The van der Waals surface area contributed by atoms with Gasteiger partial charge < -0.3 is 33.6 Å². The number of aliphatic carboxylic acids is 1. The largest absolute Gasteiger partial charge is 0.477 e. The average Bonchev–Trinajstić information content (AvgIpc) is 2.82. The van der Waals surface area contributed by atoms with Gasteiger partial charge in [0.15, 0.2) is 6.54 Å². The monoisotopic (exact) mass is 537 g/mol. The van der Waals surface area contributed by atoms with Crippen LogP contribution in [0.15, 0.2) is 5.11 Å². The van der Waals surface area contributed by atoms with E-state index >= 15 is 0 Å². The first-order chi connectivity index (χ1) is 17.3. The fraction of sp³-hybridized carbons (Fsp3) is 0.913. The number of hydrogen-bond acceptors (Lipinski definition) is 9. The van der Waals surface area contributed by atoms with Crippen molar-refractivity contribution in [1.82, 2.24) is 0 Å². The minimum Gasteiger partial charge on any atom is -0.477 e. The van der Waals surface area contributed by atoms with Crippen molar-refractivity contribution in [2.45, 2.75) is 32.1 Å². The maximum Gasteiger partial charge on any atom is 0.359 e. The van der Waals surface area contributed by atoms with Crippen molar-refractivity contribution >= 4 is 23.7 Å². The second kappa shape index (κ2) is 23.8. The Morgan fingerprint density at radius 3 is 2.17 bits per heavy atom. The molecule has 0 spiro atoms. The number of ether oxygens (including phenoxy) is 4. The van der Waals surface area contributed by atoms with Crippen LogP contribution in [0.1, 0.15) is 32.1 Å². The molecule has 0 saturated carbocycles. The molecule has 0 rings (SSSR count). The molecule has 0 aliphatic carbocycles. The first kappa shape index (κ1) is 34.4. The summed E-state index contributed by atoms with van der Waals surface area (Å²) in [4.78, 5) is 26.1. The standard InChI is InChI=1S/C23H44N4O8S/c1-27(2,20-22(29)30)9-19-36-18-5-7-21(6-3-4-10-28)23(31)35-17-16-34-15-14-33-13-12-32-11-8-25-26-24/h21,28H,3-20H2,1-2H3/p+1. The highest BCUT2D eigenvalue weighted by Crippen LogP contribution is 2.19. The maximum atomic E-state index is 12.5. The van der Waals surface area contributed by atoms with Gasteiger partial charge in [-0.05, 0) is 37.0 Å². The summed E-state index contributed by atoms with van der Waals surface area (Å²) in [6.45, 7) is 3.75. The Labute approximate surface area is 218 Å². The second-order valence-corrected chi connectivity index (χ2v) is 10.1. The summed E-state index contributed by atoms with van der Waals surface area (Å²) in [5, 5.41) is 21.4. The predicted octanol–water partition coefficient (Wildman–Crippen LogP) is 2.34. The lowest BCUT2D eigenvalue weighted by Gasteiger charge is -2.27. The number of unbranched alkanes of at least 4 members (excludes halogenated alkanes) is 1. The van der Waals surface area contributed by atoms with Gasteiger partial charge in [0.05, 0.1) is 66.2 Å². The SMILES string of the molecule is C[N+](C)(CCSCCCC(CCCCO)C(=O)OCCOCCOCCOCCN=[N+]=[N-])CC(=O)O. The third-order valence-corrected chi connectivity index (χ3v) is 6.20. The lowest BCUT2D eigenvalue weighted by molar-refractivity contribution is -0.880. The van der Waals surface area contributed by atoms with Crippen LogP contribution in [0.3, 0.4) is 0 Å². The molecule has 1 atom stereocenters. The molecule has 0 aromatic heterocycles. The molecule has 12 nitrogen and oxygen atoms in total. The van der Waals surface area contributed by atoms with Crippen molar-refractivity contribution in [2.24, 2.45) is 11.0 Å². The molecule has 0 bridgehead atoms. The first-order valence-electron chi connectivity index (χ1n) is 12.5. The van der Waals surface area contributed by atoms with Gasteiger partial charge in [0.2, 0.25) is 0 Å². The number of carbonyl (C=O) groups excluding carboxylic acids is 1. The number of carboxylic acid groups (broad SMARTS) is 1. The number of nitrogens with zero attached hydrogens (tertiary/aromatic N) is 4. The zero-order valence-corrected chi connectivity index (χ0v) is 22.7. The summed E-state index contributed by atoms with van der Waals surface area (Å²) < 4.78 is 21.8. The summed E-state index contributed by atoms with van der Waals surface area (Å²) in [6, 6.07) is 0. The molecule has 0 fully saturated rings. The molecule has 0 amide bonds. The summed E-state index contributed by atoms with van der Waals surface area (Å²) in [5.74, 6) is 0.549.